The lowest BCUT2D eigenvalue weighted by Gasteiger charge is -2.05. The van der Waals surface area contributed by atoms with Crippen LogP contribution in [0.2, 0.25) is 0 Å². The quantitative estimate of drug-likeness (QED) is 0.482. The molecule has 0 aliphatic rings. The molecule has 2 aromatic rings. The average Bonchev–Trinajstić information content (AvgIpc) is 2.43. The average molecular weight is 262 g/mol. The second-order valence-electron chi connectivity index (χ2n) is 3.87. The summed E-state index contributed by atoms with van der Waals surface area (Å²) in [4.78, 5) is 15.9. The van der Waals surface area contributed by atoms with Gasteiger partial charge in [0.05, 0.1) is 11.7 Å². The van der Waals surface area contributed by atoms with Gasteiger partial charge in [0, 0.05) is 6.07 Å². The van der Waals surface area contributed by atoms with Gasteiger partial charge in [0.15, 0.2) is 0 Å². The van der Waals surface area contributed by atoms with Crippen molar-refractivity contribution in [2.75, 3.05) is 18.5 Å². The Morgan fingerprint density at radius 1 is 1.47 bits per heavy atom. The molecule has 0 bridgehead atoms. The van der Waals surface area contributed by atoms with Crippen LogP contribution < -0.4 is 10.2 Å². The van der Waals surface area contributed by atoms with E-state index in [0.717, 1.165) is 6.42 Å². The minimum Gasteiger partial charge on any atom is -0.594 e. The number of para-hydroxylation sites is 2. The molecule has 2 rings (SSSR count). The molecule has 19 heavy (non-hydrogen) atoms. The Labute approximate surface area is 109 Å². The number of anilines is 1. The number of carbonyl (C=O) groups is 1. The van der Waals surface area contributed by atoms with Gasteiger partial charge < -0.3 is 15.3 Å². The van der Waals surface area contributed by atoms with Crippen LogP contribution >= 0.6 is 0 Å². The number of benzene rings is 1. The van der Waals surface area contributed by atoms with E-state index in [0.29, 0.717) is 22.5 Å². The fourth-order valence-corrected chi connectivity index (χ4v) is 1.49. The number of nitrogens with one attached hydrogen (secondary N) is 1. The number of carbonyl (C=O) groups excluding carboxylic acids is 1. The fraction of sp³-hybridized carbons (Fsp3) is 0.333. The van der Waals surface area contributed by atoms with E-state index >= 15 is 0 Å². The van der Waals surface area contributed by atoms with Crippen LogP contribution in [0.3, 0.4) is 0 Å². The number of aromatic nitrogens is 3. The molecule has 0 amide bonds. The first-order valence-corrected chi connectivity index (χ1v) is 5.97. The summed E-state index contributed by atoms with van der Waals surface area (Å²) in [6.45, 7) is 2.21. The van der Waals surface area contributed by atoms with E-state index < -0.39 is 5.97 Å². The first-order chi connectivity index (χ1) is 9.20. The van der Waals surface area contributed by atoms with Gasteiger partial charge >= 0.3 is 5.97 Å². The summed E-state index contributed by atoms with van der Waals surface area (Å²) in [7, 11) is 0. The lowest BCUT2D eigenvalue weighted by molar-refractivity contribution is -0.641. The molecule has 0 saturated heterocycles. The maximum atomic E-state index is 11.6. The molecule has 1 N–H and O–H groups in total. The van der Waals surface area contributed by atoms with Crippen LogP contribution in [0.25, 0.3) is 11.0 Å². The van der Waals surface area contributed by atoms with E-state index in [1.54, 1.807) is 24.3 Å². The highest BCUT2D eigenvalue weighted by atomic mass is 16.5. The minimum atomic E-state index is -0.406. The highest BCUT2D eigenvalue weighted by Crippen LogP contribution is 2.07. The largest absolute Gasteiger partial charge is 0.594 e. The predicted octanol–water partition coefficient (Wildman–Crippen LogP) is 0.628. The Bertz CT molecular complexity index is 588. The lowest BCUT2D eigenvalue weighted by atomic mass is 10.3. The molecule has 7 heteroatoms. The molecule has 0 unspecified atom stereocenters. The minimum absolute atomic E-state index is 0.0711. The van der Waals surface area contributed by atoms with E-state index in [4.69, 9.17) is 4.74 Å². The summed E-state index contributed by atoms with van der Waals surface area (Å²) in [5.74, 6) is -0.307. The summed E-state index contributed by atoms with van der Waals surface area (Å²) in [6.07, 6.45) is 0.763. The molecule has 1 aromatic carbocycles. The molecular formula is C12H14N4O3. The van der Waals surface area contributed by atoms with Gasteiger partial charge in [-0.15, -0.1) is 0 Å². The Morgan fingerprint density at radius 3 is 3.05 bits per heavy atom. The highest BCUT2D eigenvalue weighted by Gasteiger charge is 2.11. The van der Waals surface area contributed by atoms with Crippen molar-refractivity contribution in [1.29, 1.82) is 0 Å². The molecule has 0 fully saturated rings. The first kappa shape index (κ1) is 13.0. The van der Waals surface area contributed by atoms with Gasteiger partial charge in [-0.2, -0.15) is 0 Å². The summed E-state index contributed by atoms with van der Waals surface area (Å²) in [5, 5.41) is 18.0. The monoisotopic (exact) mass is 262 g/mol. The van der Waals surface area contributed by atoms with Gasteiger partial charge in [-0.1, -0.05) is 19.1 Å². The van der Waals surface area contributed by atoms with Crippen LogP contribution in [0.15, 0.2) is 24.3 Å². The van der Waals surface area contributed by atoms with Gasteiger partial charge in [0.2, 0.25) is 0 Å². The molecule has 7 nitrogen and oxygen atoms in total. The topological polar surface area (TPSA) is 91.0 Å². The molecule has 0 radical (unpaired) electrons. The molecule has 0 saturated carbocycles. The SMILES string of the molecule is CCCOC(=O)CNc1nc2ccccc2[n+]([O-])n1. The van der Waals surface area contributed by atoms with E-state index in [2.05, 4.69) is 15.4 Å². The van der Waals surface area contributed by atoms with Crippen LogP contribution in [-0.4, -0.2) is 29.2 Å². The maximum absolute atomic E-state index is 11.6. The highest BCUT2D eigenvalue weighted by molar-refractivity contribution is 5.75. The van der Waals surface area contributed by atoms with E-state index in [1.807, 2.05) is 6.92 Å². The zero-order valence-corrected chi connectivity index (χ0v) is 10.5. The lowest BCUT2D eigenvalue weighted by Crippen LogP contribution is -2.34. The number of hydrogen-bond acceptors (Lipinski definition) is 6. The van der Waals surface area contributed by atoms with E-state index in [-0.39, 0.29) is 12.5 Å². The van der Waals surface area contributed by atoms with E-state index in [1.165, 1.54) is 0 Å². The van der Waals surface area contributed by atoms with Crippen molar-refractivity contribution < 1.29 is 14.4 Å². The maximum Gasteiger partial charge on any atom is 0.325 e. The first-order valence-electron chi connectivity index (χ1n) is 5.97. The number of esters is 1. The Hall–Kier alpha value is -2.44. The second-order valence-corrected chi connectivity index (χ2v) is 3.87. The molecule has 0 spiro atoms. The zero-order valence-electron chi connectivity index (χ0n) is 10.5. The van der Waals surface area contributed by atoms with Crippen LogP contribution in [0, 0.1) is 5.21 Å². The fourth-order valence-electron chi connectivity index (χ4n) is 1.49. The molecule has 1 heterocycles. The number of fused-ring (bicyclic) bond motifs is 1. The molecule has 1 aromatic heterocycles. The smallest absolute Gasteiger partial charge is 0.325 e. The van der Waals surface area contributed by atoms with Crippen LogP contribution in [-0.2, 0) is 9.53 Å². The van der Waals surface area contributed by atoms with Gasteiger partial charge in [0.1, 0.15) is 12.1 Å². The van der Waals surface area contributed by atoms with Crippen LogP contribution in [0.4, 0.5) is 5.95 Å². The van der Waals surface area contributed by atoms with Gasteiger partial charge in [-0.05, 0) is 17.3 Å². The summed E-state index contributed by atoms with van der Waals surface area (Å²) in [5.41, 5.74) is 0.888. The normalized spacial score (nSPS) is 10.4. The Morgan fingerprint density at radius 2 is 2.26 bits per heavy atom. The van der Waals surface area contributed by atoms with Crippen molar-refractivity contribution in [2.24, 2.45) is 0 Å². The molecule has 0 atom stereocenters. The van der Waals surface area contributed by atoms with Crippen molar-refractivity contribution in [1.82, 2.24) is 10.1 Å². The number of rotatable bonds is 5. The van der Waals surface area contributed by atoms with Crippen molar-refractivity contribution in [3.63, 3.8) is 0 Å². The standard InChI is InChI=1S/C12H14N4O3/c1-2-7-19-11(17)8-13-12-14-9-5-3-4-6-10(9)16(18)15-12/h3-6H,2,7-8H2,1H3,(H,13,14,15). The van der Waals surface area contributed by atoms with Crippen molar-refractivity contribution >= 4 is 23.0 Å². The Kier molecular flexibility index (Phi) is 4.07. The van der Waals surface area contributed by atoms with Gasteiger partial charge in [0.25, 0.3) is 11.5 Å². The number of ether oxygens (including phenoxy) is 1. The number of hydrogen-bond donors (Lipinski definition) is 1. The third-order valence-corrected chi connectivity index (χ3v) is 2.36. The molecule has 0 aliphatic carbocycles. The predicted molar refractivity (Wildman–Crippen MR) is 68.2 cm³/mol. The van der Waals surface area contributed by atoms with Crippen molar-refractivity contribution in [3.8, 4) is 0 Å². The zero-order chi connectivity index (χ0) is 13.7. The molecule has 100 valence electrons. The van der Waals surface area contributed by atoms with Gasteiger partial charge in [-0.3, -0.25) is 4.79 Å². The van der Waals surface area contributed by atoms with Crippen LogP contribution in [0.5, 0.6) is 0 Å². The summed E-state index contributed by atoms with van der Waals surface area (Å²) >= 11 is 0. The second kappa shape index (κ2) is 5.94. The third-order valence-electron chi connectivity index (χ3n) is 2.36. The third kappa shape index (κ3) is 3.27. The van der Waals surface area contributed by atoms with Crippen molar-refractivity contribution in [3.05, 3.63) is 29.5 Å². The molecule has 0 aliphatic heterocycles. The number of nitrogens with zero attached hydrogens (tertiary/aromatic N) is 3. The van der Waals surface area contributed by atoms with Crippen LogP contribution in [0.1, 0.15) is 13.3 Å². The van der Waals surface area contributed by atoms with Crippen molar-refractivity contribution in [2.45, 2.75) is 13.3 Å². The Balaban J connectivity index is 2.07. The van der Waals surface area contributed by atoms with E-state index in [9.17, 15) is 10.0 Å². The molecular weight excluding hydrogens is 248 g/mol. The van der Waals surface area contributed by atoms with Gasteiger partial charge in [-0.25, -0.2) is 4.98 Å². The summed E-state index contributed by atoms with van der Waals surface area (Å²) in [6, 6.07) is 6.83. The summed E-state index contributed by atoms with van der Waals surface area (Å²) < 4.78 is 4.89.